The first-order valence-corrected chi connectivity index (χ1v) is 11.3. The molecule has 7 heteroatoms. The van der Waals surface area contributed by atoms with Crippen LogP contribution in [-0.4, -0.2) is 33.5 Å². The number of carbonyl (C=O) groups is 1. The van der Waals surface area contributed by atoms with Gasteiger partial charge in [0.15, 0.2) is 6.61 Å². The van der Waals surface area contributed by atoms with Gasteiger partial charge in [-0.2, -0.15) is 0 Å². The fourth-order valence-electron chi connectivity index (χ4n) is 3.01. The number of anilines is 1. The molecule has 0 fully saturated rings. The molecule has 0 aromatic heterocycles. The summed E-state index contributed by atoms with van der Waals surface area (Å²) in [6.45, 7) is 7.96. The summed E-state index contributed by atoms with van der Waals surface area (Å²) in [5.74, 6) is 0.336. The number of aryl methyl sites for hydroxylation is 1. The van der Waals surface area contributed by atoms with Crippen molar-refractivity contribution in [1.29, 1.82) is 0 Å². The predicted octanol–water partition coefficient (Wildman–Crippen LogP) is 3.89. The maximum atomic E-state index is 13.0. The highest BCUT2D eigenvalue weighted by Crippen LogP contribution is 2.25. The van der Waals surface area contributed by atoms with E-state index in [0.717, 1.165) is 18.4 Å². The summed E-state index contributed by atoms with van der Waals surface area (Å²) in [5.41, 5.74) is 1.54. The maximum Gasteiger partial charge on any atom is 0.264 e. The van der Waals surface area contributed by atoms with Crippen LogP contribution in [0.25, 0.3) is 0 Å². The second-order valence-corrected chi connectivity index (χ2v) is 8.88. The molecule has 2 aromatic rings. The lowest BCUT2D eigenvalue weighted by atomic mass is 10.2. The summed E-state index contributed by atoms with van der Waals surface area (Å²) >= 11 is 0. The molecule has 0 radical (unpaired) electrons. The van der Waals surface area contributed by atoms with Crippen molar-refractivity contribution in [2.45, 2.75) is 51.5 Å². The van der Waals surface area contributed by atoms with Gasteiger partial charge in [-0.25, -0.2) is 8.42 Å². The van der Waals surface area contributed by atoms with Crippen LogP contribution in [0, 0.1) is 6.92 Å². The van der Waals surface area contributed by atoms with Crippen LogP contribution >= 0.6 is 0 Å². The lowest BCUT2D eigenvalue weighted by molar-refractivity contribution is -0.123. The van der Waals surface area contributed by atoms with Crippen molar-refractivity contribution in [3.63, 3.8) is 0 Å². The Hall–Kier alpha value is -2.54. The molecule has 1 atom stereocenters. The van der Waals surface area contributed by atoms with Crippen LogP contribution in [-0.2, 0) is 14.8 Å². The van der Waals surface area contributed by atoms with E-state index < -0.39 is 10.0 Å². The zero-order valence-electron chi connectivity index (χ0n) is 17.5. The molecule has 2 rings (SSSR count). The topological polar surface area (TPSA) is 75.7 Å². The average molecular weight is 419 g/mol. The molecule has 2 aromatic carbocycles. The van der Waals surface area contributed by atoms with Crippen molar-refractivity contribution < 1.29 is 17.9 Å². The van der Waals surface area contributed by atoms with Gasteiger partial charge >= 0.3 is 0 Å². The lowest BCUT2D eigenvalue weighted by Crippen LogP contribution is -2.35. The smallest absolute Gasteiger partial charge is 0.264 e. The van der Waals surface area contributed by atoms with E-state index in [4.69, 9.17) is 4.74 Å². The van der Waals surface area contributed by atoms with Gasteiger partial charge < -0.3 is 10.1 Å². The third-order valence-corrected chi connectivity index (χ3v) is 6.44. The van der Waals surface area contributed by atoms with Crippen molar-refractivity contribution in [2.75, 3.05) is 17.5 Å². The van der Waals surface area contributed by atoms with Gasteiger partial charge in [-0.15, -0.1) is 0 Å². The molecule has 29 heavy (non-hydrogen) atoms. The molecular weight excluding hydrogens is 388 g/mol. The van der Waals surface area contributed by atoms with Gasteiger partial charge in [0, 0.05) is 12.6 Å². The Morgan fingerprint density at radius 1 is 1.07 bits per heavy atom. The molecule has 0 aliphatic carbocycles. The fraction of sp³-hybridized carbons (Fsp3) is 0.409. The van der Waals surface area contributed by atoms with Gasteiger partial charge in [0.25, 0.3) is 15.9 Å². The minimum atomic E-state index is -3.65. The van der Waals surface area contributed by atoms with E-state index in [9.17, 15) is 13.2 Å². The van der Waals surface area contributed by atoms with Crippen LogP contribution in [0.1, 0.15) is 39.2 Å². The Balaban J connectivity index is 2.05. The lowest BCUT2D eigenvalue weighted by Gasteiger charge is -2.23. The standard InChI is InChI=1S/C22H30N2O4S/c1-5-7-18(4)23-22(25)16-28-20-12-10-19(11-13-20)24(6-2)29(26,27)21-14-8-17(3)9-15-21/h8-15,18H,5-7,16H2,1-4H3,(H,23,25)/t18-/m1/s1. The number of hydrogen-bond acceptors (Lipinski definition) is 4. The van der Waals surface area contributed by atoms with E-state index in [1.807, 2.05) is 13.8 Å². The van der Waals surface area contributed by atoms with Gasteiger partial charge in [0.2, 0.25) is 0 Å². The number of ether oxygens (including phenoxy) is 1. The van der Waals surface area contributed by atoms with Crippen LogP contribution in [0.15, 0.2) is 53.4 Å². The van der Waals surface area contributed by atoms with Gasteiger partial charge in [-0.3, -0.25) is 9.10 Å². The van der Waals surface area contributed by atoms with E-state index >= 15 is 0 Å². The molecule has 158 valence electrons. The van der Waals surface area contributed by atoms with Gasteiger partial charge in [-0.05, 0) is 63.6 Å². The van der Waals surface area contributed by atoms with Crippen LogP contribution in [0.3, 0.4) is 0 Å². The molecule has 0 aliphatic heterocycles. The van der Waals surface area contributed by atoms with Gasteiger partial charge in [0.05, 0.1) is 10.6 Å². The molecule has 0 aliphatic rings. The minimum absolute atomic E-state index is 0.0768. The summed E-state index contributed by atoms with van der Waals surface area (Å²) in [6, 6.07) is 13.6. The normalized spacial score (nSPS) is 12.3. The Morgan fingerprint density at radius 3 is 2.24 bits per heavy atom. The Morgan fingerprint density at radius 2 is 1.69 bits per heavy atom. The number of rotatable bonds is 10. The van der Waals surface area contributed by atoms with Crippen molar-refractivity contribution in [2.24, 2.45) is 0 Å². The van der Waals surface area contributed by atoms with Crippen LogP contribution < -0.4 is 14.4 Å². The van der Waals surface area contributed by atoms with E-state index in [1.54, 1.807) is 55.5 Å². The molecular formula is C22H30N2O4S. The molecule has 0 heterocycles. The highest BCUT2D eigenvalue weighted by Gasteiger charge is 2.23. The molecule has 0 spiro atoms. The van der Waals surface area contributed by atoms with E-state index in [0.29, 0.717) is 18.0 Å². The summed E-state index contributed by atoms with van der Waals surface area (Å²) in [4.78, 5) is 12.2. The fourth-order valence-corrected chi connectivity index (χ4v) is 4.48. The Kier molecular flexibility index (Phi) is 8.08. The van der Waals surface area contributed by atoms with E-state index in [-0.39, 0.29) is 23.5 Å². The highest BCUT2D eigenvalue weighted by atomic mass is 32.2. The summed E-state index contributed by atoms with van der Waals surface area (Å²) in [6.07, 6.45) is 1.92. The molecule has 6 nitrogen and oxygen atoms in total. The van der Waals surface area contributed by atoms with Crippen LogP contribution in [0.5, 0.6) is 5.75 Å². The second-order valence-electron chi connectivity index (χ2n) is 7.02. The Labute approximate surface area is 173 Å². The van der Waals surface area contributed by atoms with Gasteiger partial charge in [0.1, 0.15) is 5.75 Å². The van der Waals surface area contributed by atoms with E-state index in [1.165, 1.54) is 4.31 Å². The number of amides is 1. The third kappa shape index (κ3) is 6.22. The summed E-state index contributed by atoms with van der Waals surface area (Å²) in [7, 11) is -3.65. The first-order valence-electron chi connectivity index (χ1n) is 9.89. The first-order chi connectivity index (χ1) is 13.8. The Bertz CT molecular complexity index is 893. The number of hydrogen-bond donors (Lipinski definition) is 1. The number of benzene rings is 2. The van der Waals surface area contributed by atoms with Crippen molar-refractivity contribution in [3.05, 3.63) is 54.1 Å². The zero-order valence-corrected chi connectivity index (χ0v) is 18.3. The summed E-state index contributed by atoms with van der Waals surface area (Å²) in [5, 5.41) is 2.88. The maximum absolute atomic E-state index is 13.0. The highest BCUT2D eigenvalue weighted by molar-refractivity contribution is 7.92. The number of nitrogens with zero attached hydrogens (tertiary/aromatic N) is 1. The van der Waals surface area contributed by atoms with Crippen molar-refractivity contribution in [1.82, 2.24) is 5.32 Å². The van der Waals surface area contributed by atoms with E-state index in [2.05, 4.69) is 12.2 Å². The van der Waals surface area contributed by atoms with Crippen LogP contribution in [0.4, 0.5) is 5.69 Å². The van der Waals surface area contributed by atoms with Crippen molar-refractivity contribution in [3.8, 4) is 5.75 Å². The molecule has 0 saturated carbocycles. The molecule has 0 unspecified atom stereocenters. The summed E-state index contributed by atoms with van der Waals surface area (Å²) < 4.78 is 32.8. The molecule has 0 saturated heterocycles. The quantitative estimate of drug-likeness (QED) is 0.635. The molecule has 1 N–H and O–H groups in total. The molecule has 1 amide bonds. The van der Waals surface area contributed by atoms with Crippen LogP contribution in [0.2, 0.25) is 0 Å². The predicted molar refractivity (Wildman–Crippen MR) is 116 cm³/mol. The number of sulfonamides is 1. The average Bonchev–Trinajstić information content (AvgIpc) is 2.68. The SMILES string of the molecule is CCC[C@@H](C)NC(=O)COc1ccc(N(CC)S(=O)(=O)c2ccc(C)cc2)cc1. The van der Waals surface area contributed by atoms with Gasteiger partial charge in [-0.1, -0.05) is 31.0 Å². The number of nitrogens with one attached hydrogen (secondary N) is 1. The van der Waals surface area contributed by atoms with Crippen molar-refractivity contribution >= 4 is 21.6 Å². The monoisotopic (exact) mass is 418 g/mol. The first kappa shape index (κ1) is 22.7. The molecule has 0 bridgehead atoms. The second kappa shape index (κ2) is 10.3. The zero-order chi connectivity index (χ0) is 21.4. The third-order valence-electron chi connectivity index (χ3n) is 4.52. The minimum Gasteiger partial charge on any atom is -0.484 e. The largest absolute Gasteiger partial charge is 0.484 e. The number of carbonyl (C=O) groups excluding carboxylic acids is 1.